The van der Waals surface area contributed by atoms with Crippen LogP contribution in [0.15, 0.2) is 53.4 Å². The highest BCUT2D eigenvalue weighted by molar-refractivity contribution is 7.89. The van der Waals surface area contributed by atoms with Crippen LogP contribution in [-0.4, -0.2) is 33.5 Å². The zero-order valence-electron chi connectivity index (χ0n) is 15.3. The van der Waals surface area contributed by atoms with E-state index in [0.29, 0.717) is 11.3 Å². The normalized spacial score (nSPS) is 19.5. The van der Waals surface area contributed by atoms with Gasteiger partial charge in [0.15, 0.2) is 0 Å². The van der Waals surface area contributed by atoms with E-state index >= 15 is 0 Å². The number of hydrogen-bond acceptors (Lipinski definition) is 4. The van der Waals surface area contributed by atoms with E-state index in [-0.39, 0.29) is 29.3 Å². The van der Waals surface area contributed by atoms with Crippen molar-refractivity contribution in [2.24, 2.45) is 5.92 Å². The molecular weight excluding hydrogens is 405 g/mol. The third-order valence-electron chi connectivity index (χ3n) is 4.62. The Morgan fingerprint density at radius 2 is 1.75 bits per heavy atom. The van der Waals surface area contributed by atoms with Crippen molar-refractivity contribution in [3.8, 4) is 0 Å². The molecule has 9 heteroatoms. The highest BCUT2D eigenvalue weighted by Gasteiger charge is 2.26. The number of amides is 1. The molecule has 0 saturated carbocycles. The maximum atomic E-state index is 12.9. The number of anilines is 1. The molecule has 1 amide bonds. The van der Waals surface area contributed by atoms with E-state index < -0.39 is 21.7 Å². The van der Waals surface area contributed by atoms with Gasteiger partial charge in [0.25, 0.3) is 5.91 Å². The monoisotopic (exact) mass is 427 g/mol. The van der Waals surface area contributed by atoms with Crippen LogP contribution in [0.1, 0.15) is 23.7 Å². The van der Waals surface area contributed by atoms with Crippen LogP contribution in [0.2, 0.25) is 0 Å². The molecule has 152 valence electrons. The zero-order valence-corrected chi connectivity index (χ0v) is 16.9. The molecule has 0 bridgehead atoms. The highest BCUT2D eigenvalue weighted by atomic mass is 35.5. The third kappa shape index (κ3) is 5.51. The summed E-state index contributed by atoms with van der Waals surface area (Å²) in [6.07, 6.45) is 0.742. The van der Waals surface area contributed by atoms with Gasteiger partial charge in [0.05, 0.1) is 4.90 Å². The fourth-order valence-electron chi connectivity index (χ4n) is 2.98. The molecule has 1 fully saturated rings. The van der Waals surface area contributed by atoms with Crippen molar-refractivity contribution < 1.29 is 17.6 Å². The summed E-state index contributed by atoms with van der Waals surface area (Å²) in [7, 11) is -3.63. The van der Waals surface area contributed by atoms with Crippen LogP contribution < -0.4 is 15.4 Å². The Bertz CT molecular complexity index is 905. The first-order valence-corrected chi connectivity index (χ1v) is 10.2. The van der Waals surface area contributed by atoms with Crippen LogP contribution in [0.3, 0.4) is 0 Å². The summed E-state index contributed by atoms with van der Waals surface area (Å²) in [5, 5.41) is 5.90. The molecule has 1 aliphatic heterocycles. The zero-order chi connectivity index (χ0) is 19.4. The van der Waals surface area contributed by atoms with Crippen molar-refractivity contribution in [1.29, 1.82) is 0 Å². The number of halogens is 2. The van der Waals surface area contributed by atoms with E-state index in [4.69, 9.17) is 0 Å². The molecule has 6 nitrogen and oxygen atoms in total. The largest absolute Gasteiger partial charge is 0.322 e. The van der Waals surface area contributed by atoms with E-state index in [1.54, 1.807) is 0 Å². The predicted molar refractivity (Wildman–Crippen MR) is 109 cm³/mol. The Kier molecular flexibility index (Phi) is 7.54. The fourth-order valence-corrected chi connectivity index (χ4v) is 4.36. The topological polar surface area (TPSA) is 87.3 Å². The third-order valence-corrected chi connectivity index (χ3v) is 6.13. The number of nitrogens with one attached hydrogen (secondary N) is 3. The lowest BCUT2D eigenvalue weighted by molar-refractivity contribution is 0.102. The Morgan fingerprint density at radius 1 is 1.11 bits per heavy atom. The molecule has 2 aromatic rings. The number of carbonyl (C=O) groups excluding carboxylic acids is 1. The molecule has 0 radical (unpaired) electrons. The van der Waals surface area contributed by atoms with E-state index in [0.717, 1.165) is 19.5 Å². The van der Waals surface area contributed by atoms with Gasteiger partial charge in [0.1, 0.15) is 5.82 Å². The first-order chi connectivity index (χ1) is 12.8. The summed E-state index contributed by atoms with van der Waals surface area (Å²) in [5.74, 6) is -0.605. The van der Waals surface area contributed by atoms with Gasteiger partial charge in [-0.3, -0.25) is 4.79 Å². The van der Waals surface area contributed by atoms with Gasteiger partial charge in [0, 0.05) is 17.3 Å². The van der Waals surface area contributed by atoms with Gasteiger partial charge in [-0.25, -0.2) is 17.5 Å². The second-order valence-electron chi connectivity index (χ2n) is 6.68. The van der Waals surface area contributed by atoms with Gasteiger partial charge >= 0.3 is 0 Å². The maximum Gasteiger partial charge on any atom is 0.255 e. The molecule has 1 saturated heterocycles. The van der Waals surface area contributed by atoms with E-state index in [1.807, 2.05) is 6.92 Å². The summed E-state index contributed by atoms with van der Waals surface area (Å²) in [5.41, 5.74) is 0.771. The first-order valence-electron chi connectivity index (χ1n) is 8.75. The molecule has 3 rings (SSSR count). The Hall–Kier alpha value is -2.00. The number of rotatable bonds is 5. The number of sulfonamides is 1. The van der Waals surface area contributed by atoms with Crippen molar-refractivity contribution in [3.05, 3.63) is 59.9 Å². The van der Waals surface area contributed by atoms with Crippen LogP contribution in [0.4, 0.5) is 10.1 Å². The van der Waals surface area contributed by atoms with Crippen molar-refractivity contribution in [1.82, 2.24) is 10.0 Å². The average molecular weight is 428 g/mol. The van der Waals surface area contributed by atoms with Crippen LogP contribution in [0.5, 0.6) is 0 Å². The summed E-state index contributed by atoms with van der Waals surface area (Å²) in [6.45, 7) is 3.57. The molecule has 1 heterocycles. The van der Waals surface area contributed by atoms with Crippen molar-refractivity contribution in [3.63, 3.8) is 0 Å². The van der Waals surface area contributed by atoms with Crippen molar-refractivity contribution >= 4 is 34.0 Å². The molecule has 0 spiro atoms. The van der Waals surface area contributed by atoms with Gasteiger partial charge in [-0.15, -0.1) is 12.4 Å². The van der Waals surface area contributed by atoms with Crippen LogP contribution in [0, 0.1) is 11.7 Å². The van der Waals surface area contributed by atoms with Gasteiger partial charge < -0.3 is 10.6 Å². The van der Waals surface area contributed by atoms with Crippen LogP contribution in [-0.2, 0) is 10.0 Å². The van der Waals surface area contributed by atoms with Gasteiger partial charge in [-0.2, -0.15) is 0 Å². The number of hydrogen-bond donors (Lipinski definition) is 3. The van der Waals surface area contributed by atoms with Gasteiger partial charge in [-0.05, 0) is 74.0 Å². The van der Waals surface area contributed by atoms with Crippen LogP contribution in [0.25, 0.3) is 0 Å². The lowest BCUT2D eigenvalue weighted by Crippen LogP contribution is -2.48. The van der Waals surface area contributed by atoms with Gasteiger partial charge in [-0.1, -0.05) is 6.92 Å². The van der Waals surface area contributed by atoms with Crippen LogP contribution >= 0.6 is 12.4 Å². The average Bonchev–Trinajstić information content (AvgIpc) is 2.64. The maximum absolute atomic E-state index is 12.9. The lowest BCUT2D eigenvalue weighted by Gasteiger charge is -2.29. The van der Waals surface area contributed by atoms with E-state index in [1.165, 1.54) is 48.5 Å². The minimum Gasteiger partial charge on any atom is -0.322 e. The smallest absolute Gasteiger partial charge is 0.255 e. The molecule has 28 heavy (non-hydrogen) atoms. The van der Waals surface area contributed by atoms with E-state index in [2.05, 4.69) is 15.4 Å². The quantitative estimate of drug-likeness (QED) is 0.684. The molecular formula is C19H23ClFN3O3S. The molecule has 2 atom stereocenters. The summed E-state index contributed by atoms with van der Waals surface area (Å²) < 4.78 is 40.8. The minimum absolute atomic E-state index is 0. The predicted octanol–water partition coefficient (Wildman–Crippen LogP) is 2.78. The second kappa shape index (κ2) is 9.47. The Morgan fingerprint density at radius 3 is 2.36 bits per heavy atom. The van der Waals surface area contributed by atoms with E-state index in [9.17, 15) is 17.6 Å². The SMILES string of the molecule is CC1CNCCC1NS(=O)(=O)c1ccc(NC(=O)c2ccc(F)cc2)cc1.Cl. The highest BCUT2D eigenvalue weighted by Crippen LogP contribution is 2.18. The Labute approximate surface area is 170 Å². The number of benzene rings is 2. The molecule has 3 N–H and O–H groups in total. The van der Waals surface area contributed by atoms with Crippen molar-refractivity contribution in [2.45, 2.75) is 24.3 Å². The fraction of sp³-hybridized carbons (Fsp3) is 0.316. The van der Waals surface area contributed by atoms with Crippen molar-refractivity contribution in [2.75, 3.05) is 18.4 Å². The standard InChI is InChI=1S/C19H22FN3O3S.ClH/c1-13-12-21-11-10-18(13)23-27(25,26)17-8-6-16(7-9-17)22-19(24)14-2-4-15(20)5-3-14;/h2-9,13,18,21,23H,10-12H2,1H3,(H,22,24);1H. The molecule has 2 aromatic carbocycles. The first kappa shape index (κ1) is 22.3. The number of carbonyl (C=O) groups is 1. The number of piperidine rings is 1. The molecule has 2 unspecified atom stereocenters. The molecule has 0 aromatic heterocycles. The Balaban J connectivity index is 0.00000280. The summed E-state index contributed by atoms with van der Waals surface area (Å²) in [4.78, 5) is 12.3. The molecule has 0 aliphatic carbocycles. The summed E-state index contributed by atoms with van der Waals surface area (Å²) in [6, 6.07) is 11.0. The minimum atomic E-state index is -3.63. The van der Waals surface area contributed by atoms with Gasteiger partial charge in [0.2, 0.25) is 10.0 Å². The summed E-state index contributed by atoms with van der Waals surface area (Å²) >= 11 is 0. The second-order valence-corrected chi connectivity index (χ2v) is 8.40. The molecule has 1 aliphatic rings. The lowest BCUT2D eigenvalue weighted by atomic mass is 9.97.